The molecule has 0 amide bonds. The Bertz CT molecular complexity index is 364. The molecule has 3 atom stereocenters. The standard InChI is InChI=1S/C16H27N3/c1-19(2)16(13-7-4-3-5-8-13)12-18-15-10-6-9-14(17)11-15/h3-5,7-8,14-16,18H,6,9-12,17H2,1-2H3. The molecule has 1 aromatic carbocycles. The van der Waals surface area contributed by atoms with Gasteiger partial charge in [-0.1, -0.05) is 36.8 Å². The zero-order chi connectivity index (χ0) is 13.7. The van der Waals surface area contributed by atoms with Gasteiger partial charge in [-0.2, -0.15) is 0 Å². The molecule has 3 nitrogen and oxygen atoms in total. The third kappa shape index (κ3) is 4.30. The molecule has 0 saturated heterocycles. The molecule has 0 heterocycles. The van der Waals surface area contributed by atoms with Gasteiger partial charge in [-0.15, -0.1) is 0 Å². The van der Waals surface area contributed by atoms with Gasteiger partial charge in [-0.3, -0.25) is 0 Å². The molecule has 0 bridgehead atoms. The predicted molar refractivity (Wildman–Crippen MR) is 81.1 cm³/mol. The zero-order valence-electron chi connectivity index (χ0n) is 12.2. The molecule has 0 aliphatic heterocycles. The van der Waals surface area contributed by atoms with E-state index in [1.54, 1.807) is 0 Å². The van der Waals surface area contributed by atoms with Crippen molar-refractivity contribution in [1.82, 2.24) is 10.2 Å². The molecule has 1 aromatic rings. The molecular weight excluding hydrogens is 234 g/mol. The van der Waals surface area contributed by atoms with E-state index in [1.807, 2.05) is 0 Å². The number of rotatable bonds is 5. The van der Waals surface area contributed by atoms with Crippen molar-refractivity contribution in [3.05, 3.63) is 35.9 Å². The number of hydrogen-bond donors (Lipinski definition) is 2. The SMILES string of the molecule is CN(C)C(CNC1CCCC(N)C1)c1ccccc1. The van der Waals surface area contributed by atoms with Crippen molar-refractivity contribution in [2.75, 3.05) is 20.6 Å². The number of nitrogens with zero attached hydrogens (tertiary/aromatic N) is 1. The highest BCUT2D eigenvalue weighted by Gasteiger charge is 2.21. The smallest absolute Gasteiger partial charge is 0.0466 e. The fraction of sp³-hybridized carbons (Fsp3) is 0.625. The van der Waals surface area contributed by atoms with Crippen LogP contribution in [0.25, 0.3) is 0 Å². The summed E-state index contributed by atoms with van der Waals surface area (Å²) in [6, 6.07) is 12.1. The van der Waals surface area contributed by atoms with Crippen molar-refractivity contribution >= 4 is 0 Å². The van der Waals surface area contributed by atoms with Gasteiger partial charge >= 0.3 is 0 Å². The lowest BCUT2D eigenvalue weighted by molar-refractivity contribution is 0.259. The maximum absolute atomic E-state index is 6.05. The highest BCUT2D eigenvalue weighted by molar-refractivity contribution is 5.19. The summed E-state index contributed by atoms with van der Waals surface area (Å²) in [5.41, 5.74) is 7.43. The first-order chi connectivity index (χ1) is 9.16. The maximum Gasteiger partial charge on any atom is 0.0466 e. The Hall–Kier alpha value is -0.900. The van der Waals surface area contributed by atoms with E-state index in [4.69, 9.17) is 5.73 Å². The van der Waals surface area contributed by atoms with E-state index in [0.717, 1.165) is 13.0 Å². The van der Waals surface area contributed by atoms with Crippen LogP contribution in [0, 0.1) is 0 Å². The average molecular weight is 261 g/mol. The van der Waals surface area contributed by atoms with Crippen molar-refractivity contribution < 1.29 is 0 Å². The maximum atomic E-state index is 6.05. The molecule has 19 heavy (non-hydrogen) atoms. The number of hydrogen-bond acceptors (Lipinski definition) is 3. The third-order valence-electron chi connectivity index (χ3n) is 4.12. The second kappa shape index (κ2) is 7.04. The second-order valence-electron chi connectivity index (χ2n) is 5.92. The van der Waals surface area contributed by atoms with Gasteiger partial charge in [0.2, 0.25) is 0 Å². The fourth-order valence-electron chi connectivity index (χ4n) is 2.97. The van der Waals surface area contributed by atoms with Crippen molar-refractivity contribution in [2.45, 2.75) is 43.8 Å². The van der Waals surface area contributed by atoms with Crippen LogP contribution in [-0.4, -0.2) is 37.6 Å². The summed E-state index contributed by atoms with van der Waals surface area (Å²) in [5, 5.41) is 3.71. The molecular formula is C16H27N3. The van der Waals surface area contributed by atoms with Crippen LogP contribution in [0.5, 0.6) is 0 Å². The predicted octanol–water partition coefficient (Wildman–Crippen LogP) is 2.15. The Balaban J connectivity index is 1.91. The molecule has 0 aromatic heterocycles. The Morgan fingerprint density at radius 1 is 1.26 bits per heavy atom. The summed E-state index contributed by atoms with van der Waals surface area (Å²) in [7, 11) is 4.29. The van der Waals surface area contributed by atoms with Gasteiger partial charge < -0.3 is 16.0 Å². The third-order valence-corrected chi connectivity index (χ3v) is 4.12. The molecule has 1 saturated carbocycles. The highest BCUT2D eigenvalue weighted by atomic mass is 15.1. The molecule has 1 fully saturated rings. The quantitative estimate of drug-likeness (QED) is 0.853. The molecule has 106 valence electrons. The number of benzene rings is 1. The first-order valence-electron chi connectivity index (χ1n) is 7.37. The van der Waals surface area contributed by atoms with Crippen molar-refractivity contribution in [3.8, 4) is 0 Å². The average Bonchev–Trinajstić information content (AvgIpc) is 2.40. The van der Waals surface area contributed by atoms with Crippen LogP contribution in [0.4, 0.5) is 0 Å². The summed E-state index contributed by atoms with van der Waals surface area (Å²) in [4.78, 5) is 2.28. The Labute approximate surface area is 117 Å². The lowest BCUT2D eigenvalue weighted by atomic mass is 9.91. The lowest BCUT2D eigenvalue weighted by Gasteiger charge is -2.31. The van der Waals surface area contributed by atoms with Gasteiger partial charge in [0.1, 0.15) is 0 Å². The van der Waals surface area contributed by atoms with E-state index in [2.05, 4.69) is 54.6 Å². The van der Waals surface area contributed by atoms with Crippen LogP contribution in [0.2, 0.25) is 0 Å². The Morgan fingerprint density at radius 3 is 2.63 bits per heavy atom. The number of nitrogens with one attached hydrogen (secondary N) is 1. The van der Waals surface area contributed by atoms with E-state index in [9.17, 15) is 0 Å². The topological polar surface area (TPSA) is 41.3 Å². The van der Waals surface area contributed by atoms with Crippen LogP contribution in [0.15, 0.2) is 30.3 Å². The van der Waals surface area contributed by atoms with E-state index in [1.165, 1.54) is 24.8 Å². The van der Waals surface area contributed by atoms with E-state index >= 15 is 0 Å². The summed E-state index contributed by atoms with van der Waals surface area (Å²) < 4.78 is 0. The van der Waals surface area contributed by atoms with Gasteiger partial charge in [0.05, 0.1) is 0 Å². The zero-order valence-corrected chi connectivity index (χ0v) is 12.2. The minimum absolute atomic E-state index is 0.390. The van der Waals surface area contributed by atoms with Crippen molar-refractivity contribution in [2.24, 2.45) is 5.73 Å². The van der Waals surface area contributed by atoms with Crippen LogP contribution in [-0.2, 0) is 0 Å². The van der Waals surface area contributed by atoms with E-state index < -0.39 is 0 Å². The molecule has 1 aliphatic carbocycles. The van der Waals surface area contributed by atoms with E-state index in [0.29, 0.717) is 18.1 Å². The highest BCUT2D eigenvalue weighted by Crippen LogP contribution is 2.20. The minimum atomic E-state index is 0.390. The number of nitrogens with two attached hydrogens (primary N) is 1. The molecule has 3 N–H and O–H groups in total. The van der Waals surface area contributed by atoms with Gasteiger partial charge in [-0.25, -0.2) is 0 Å². The lowest BCUT2D eigenvalue weighted by Crippen LogP contribution is -2.42. The largest absolute Gasteiger partial charge is 0.328 e. The van der Waals surface area contributed by atoms with Crippen molar-refractivity contribution in [1.29, 1.82) is 0 Å². The molecule has 3 heteroatoms. The minimum Gasteiger partial charge on any atom is -0.328 e. The molecule has 2 rings (SSSR count). The second-order valence-corrected chi connectivity index (χ2v) is 5.92. The van der Waals surface area contributed by atoms with Crippen LogP contribution in [0.3, 0.4) is 0 Å². The molecule has 3 unspecified atom stereocenters. The van der Waals surface area contributed by atoms with Crippen molar-refractivity contribution in [3.63, 3.8) is 0 Å². The van der Waals surface area contributed by atoms with Crippen LogP contribution in [0.1, 0.15) is 37.3 Å². The number of likely N-dealkylation sites (N-methyl/N-ethyl adjacent to an activating group) is 1. The van der Waals surface area contributed by atoms with Gasteiger partial charge in [-0.05, 0) is 38.9 Å². The first-order valence-corrected chi connectivity index (χ1v) is 7.37. The summed E-state index contributed by atoms with van der Waals surface area (Å²) in [6.45, 7) is 0.994. The monoisotopic (exact) mass is 261 g/mol. The summed E-state index contributed by atoms with van der Waals surface area (Å²) in [6.07, 6.45) is 4.84. The normalized spacial score (nSPS) is 25.5. The van der Waals surface area contributed by atoms with E-state index in [-0.39, 0.29) is 0 Å². The summed E-state index contributed by atoms with van der Waals surface area (Å²) >= 11 is 0. The molecule has 1 aliphatic rings. The van der Waals surface area contributed by atoms with Gasteiger partial charge in [0.25, 0.3) is 0 Å². The summed E-state index contributed by atoms with van der Waals surface area (Å²) in [5.74, 6) is 0. The Kier molecular flexibility index (Phi) is 5.37. The first kappa shape index (κ1) is 14.5. The molecule has 0 spiro atoms. The Morgan fingerprint density at radius 2 is 2.00 bits per heavy atom. The van der Waals surface area contributed by atoms with Crippen LogP contribution >= 0.6 is 0 Å². The van der Waals surface area contributed by atoms with Gasteiger partial charge in [0.15, 0.2) is 0 Å². The van der Waals surface area contributed by atoms with Gasteiger partial charge in [0, 0.05) is 24.7 Å². The molecule has 0 radical (unpaired) electrons. The fourth-order valence-corrected chi connectivity index (χ4v) is 2.97. The van der Waals surface area contributed by atoms with Crippen LogP contribution < -0.4 is 11.1 Å².